The Bertz CT molecular complexity index is 1190. The third-order valence-electron chi connectivity index (χ3n) is 5.49. The van der Waals surface area contributed by atoms with Gasteiger partial charge in [0.25, 0.3) is 5.91 Å². The van der Waals surface area contributed by atoms with Crippen molar-refractivity contribution in [3.8, 4) is 17.5 Å². The highest BCUT2D eigenvalue weighted by Gasteiger charge is 2.28. The predicted octanol–water partition coefficient (Wildman–Crippen LogP) is 4.05. The molecule has 3 aromatic rings. The van der Waals surface area contributed by atoms with Crippen molar-refractivity contribution in [1.82, 2.24) is 24.8 Å². The van der Waals surface area contributed by atoms with Crippen LogP contribution in [0.3, 0.4) is 0 Å². The van der Waals surface area contributed by atoms with E-state index in [1.807, 2.05) is 48.9 Å². The SMILES string of the molecule is CCCn1c(C)cc(/C=C(\C#N)C(=O)Nc2cccc(-c3nnnn3C3CC3)c2)c1C. The molecule has 1 saturated carbocycles. The van der Waals surface area contributed by atoms with Crippen LogP contribution in [0.4, 0.5) is 5.69 Å². The molecule has 0 aliphatic heterocycles. The highest BCUT2D eigenvalue weighted by Crippen LogP contribution is 2.36. The zero-order valence-electron chi connectivity index (χ0n) is 18.0. The van der Waals surface area contributed by atoms with Crippen molar-refractivity contribution in [3.63, 3.8) is 0 Å². The molecule has 4 rings (SSSR count). The van der Waals surface area contributed by atoms with Crippen molar-refractivity contribution in [1.29, 1.82) is 5.26 Å². The van der Waals surface area contributed by atoms with E-state index in [4.69, 9.17) is 0 Å². The lowest BCUT2D eigenvalue weighted by Gasteiger charge is -2.08. The molecule has 1 aliphatic carbocycles. The van der Waals surface area contributed by atoms with Crippen LogP contribution in [-0.4, -0.2) is 30.7 Å². The Labute approximate surface area is 181 Å². The van der Waals surface area contributed by atoms with Crippen LogP contribution in [0.25, 0.3) is 17.5 Å². The predicted molar refractivity (Wildman–Crippen MR) is 118 cm³/mol. The first-order valence-corrected chi connectivity index (χ1v) is 10.5. The molecule has 1 amide bonds. The number of aromatic nitrogens is 5. The molecule has 2 heterocycles. The molecule has 158 valence electrons. The van der Waals surface area contributed by atoms with E-state index in [2.05, 4.69) is 32.3 Å². The van der Waals surface area contributed by atoms with Gasteiger partial charge >= 0.3 is 0 Å². The molecule has 1 fully saturated rings. The fourth-order valence-electron chi connectivity index (χ4n) is 3.73. The number of tetrazole rings is 1. The second-order valence-corrected chi connectivity index (χ2v) is 7.86. The van der Waals surface area contributed by atoms with Crippen molar-refractivity contribution >= 4 is 17.7 Å². The Morgan fingerprint density at radius 1 is 1.32 bits per heavy atom. The lowest BCUT2D eigenvalue weighted by atomic mass is 10.1. The van der Waals surface area contributed by atoms with E-state index < -0.39 is 5.91 Å². The molecule has 2 aromatic heterocycles. The molecule has 1 N–H and O–H groups in total. The van der Waals surface area contributed by atoms with Crippen molar-refractivity contribution in [3.05, 3.63) is 52.9 Å². The van der Waals surface area contributed by atoms with E-state index in [-0.39, 0.29) is 5.57 Å². The van der Waals surface area contributed by atoms with Gasteiger partial charge < -0.3 is 9.88 Å². The van der Waals surface area contributed by atoms with Gasteiger partial charge in [-0.2, -0.15) is 5.26 Å². The number of amides is 1. The van der Waals surface area contributed by atoms with E-state index in [0.29, 0.717) is 17.6 Å². The highest BCUT2D eigenvalue weighted by molar-refractivity contribution is 6.09. The normalized spacial score (nSPS) is 13.8. The van der Waals surface area contributed by atoms with Crippen molar-refractivity contribution < 1.29 is 4.79 Å². The summed E-state index contributed by atoms with van der Waals surface area (Å²) in [6, 6.07) is 11.7. The fraction of sp³-hybridized carbons (Fsp3) is 0.348. The van der Waals surface area contributed by atoms with Gasteiger partial charge in [-0.15, -0.1) is 5.10 Å². The van der Waals surface area contributed by atoms with Gasteiger partial charge in [0.05, 0.1) is 6.04 Å². The minimum Gasteiger partial charge on any atom is -0.349 e. The molecule has 8 heteroatoms. The molecule has 31 heavy (non-hydrogen) atoms. The summed E-state index contributed by atoms with van der Waals surface area (Å²) >= 11 is 0. The van der Waals surface area contributed by atoms with Crippen LogP contribution in [0.2, 0.25) is 0 Å². The summed E-state index contributed by atoms with van der Waals surface area (Å²) in [6.07, 6.45) is 4.82. The number of carbonyl (C=O) groups is 1. The number of nitriles is 1. The second-order valence-electron chi connectivity index (χ2n) is 7.86. The van der Waals surface area contributed by atoms with Crippen molar-refractivity contribution in [2.45, 2.75) is 52.6 Å². The highest BCUT2D eigenvalue weighted by atomic mass is 16.1. The summed E-state index contributed by atoms with van der Waals surface area (Å²) in [5.41, 5.74) is 4.52. The number of nitrogens with zero attached hydrogens (tertiary/aromatic N) is 6. The lowest BCUT2D eigenvalue weighted by molar-refractivity contribution is -0.112. The van der Waals surface area contributed by atoms with Crippen LogP contribution in [0.15, 0.2) is 35.9 Å². The Morgan fingerprint density at radius 2 is 2.13 bits per heavy atom. The number of anilines is 1. The fourth-order valence-corrected chi connectivity index (χ4v) is 3.73. The van der Waals surface area contributed by atoms with Gasteiger partial charge in [-0.3, -0.25) is 4.79 Å². The number of nitrogens with one attached hydrogen (secondary N) is 1. The first-order chi connectivity index (χ1) is 15.0. The number of hydrogen-bond donors (Lipinski definition) is 1. The van der Waals surface area contributed by atoms with Crippen LogP contribution >= 0.6 is 0 Å². The maximum Gasteiger partial charge on any atom is 0.266 e. The summed E-state index contributed by atoms with van der Waals surface area (Å²) in [7, 11) is 0. The zero-order valence-corrected chi connectivity index (χ0v) is 18.0. The molecule has 1 aromatic carbocycles. The Hall–Kier alpha value is -3.73. The molecule has 1 aliphatic rings. The molecule has 0 radical (unpaired) electrons. The number of hydrogen-bond acceptors (Lipinski definition) is 5. The van der Waals surface area contributed by atoms with Crippen LogP contribution in [0, 0.1) is 25.2 Å². The minimum atomic E-state index is -0.443. The van der Waals surface area contributed by atoms with E-state index in [9.17, 15) is 10.1 Å². The van der Waals surface area contributed by atoms with Crippen LogP contribution < -0.4 is 5.32 Å². The summed E-state index contributed by atoms with van der Waals surface area (Å²) in [6.45, 7) is 7.08. The van der Waals surface area contributed by atoms with Crippen LogP contribution in [0.5, 0.6) is 0 Å². The quantitative estimate of drug-likeness (QED) is 0.463. The first kappa shape index (κ1) is 20.5. The molecule has 0 bridgehead atoms. The van der Waals surface area contributed by atoms with Crippen molar-refractivity contribution in [2.24, 2.45) is 0 Å². The molecule has 0 spiro atoms. The lowest BCUT2D eigenvalue weighted by Crippen LogP contribution is -2.13. The minimum absolute atomic E-state index is 0.0602. The molecule has 0 unspecified atom stereocenters. The van der Waals surface area contributed by atoms with E-state index >= 15 is 0 Å². The number of aryl methyl sites for hydroxylation is 1. The van der Waals surface area contributed by atoms with Gasteiger partial charge in [0.2, 0.25) is 0 Å². The molecule has 8 nitrogen and oxygen atoms in total. The van der Waals surface area contributed by atoms with Gasteiger partial charge in [0.1, 0.15) is 11.6 Å². The van der Waals surface area contributed by atoms with Crippen LogP contribution in [0.1, 0.15) is 49.2 Å². The molecular weight excluding hydrogens is 390 g/mol. The second kappa shape index (κ2) is 8.56. The van der Waals surface area contributed by atoms with Gasteiger partial charge in [-0.05, 0) is 73.4 Å². The largest absolute Gasteiger partial charge is 0.349 e. The average molecular weight is 416 g/mol. The molecule has 0 saturated heterocycles. The van der Waals surface area contributed by atoms with Gasteiger partial charge in [-0.1, -0.05) is 19.1 Å². The van der Waals surface area contributed by atoms with Crippen LogP contribution in [-0.2, 0) is 11.3 Å². The monoisotopic (exact) mass is 415 g/mol. The Balaban J connectivity index is 1.56. The molecular formula is C23H25N7O. The van der Waals surface area contributed by atoms with Crippen molar-refractivity contribution in [2.75, 3.05) is 5.32 Å². The first-order valence-electron chi connectivity index (χ1n) is 10.5. The number of rotatable bonds is 7. The summed E-state index contributed by atoms with van der Waals surface area (Å²) in [5, 5.41) is 24.4. The van der Waals surface area contributed by atoms with E-state index in [1.54, 1.807) is 12.1 Å². The van der Waals surface area contributed by atoms with Gasteiger partial charge in [0, 0.05) is 29.2 Å². The smallest absolute Gasteiger partial charge is 0.266 e. The third kappa shape index (κ3) is 4.26. The number of carbonyl (C=O) groups excluding carboxylic acids is 1. The summed E-state index contributed by atoms with van der Waals surface area (Å²) in [4.78, 5) is 12.8. The maximum absolute atomic E-state index is 12.8. The van der Waals surface area contributed by atoms with E-state index in [0.717, 1.165) is 48.3 Å². The molecule has 0 atom stereocenters. The Kier molecular flexibility index (Phi) is 5.67. The summed E-state index contributed by atoms with van der Waals surface area (Å²) in [5.74, 6) is 0.236. The zero-order chi connectivity index (χ0) is 22.0. The van der Waals surface area contributed by atoms with Gasteiger partial charge in [0.15, 0.2) is 5.82 Å². The van der Waals surface area contributed by atoms with Gasteiger partial charge in [-0.25, -0.2) is 4.68 Å². The third-order valence-corrected chi connectivity index (χ3v) is 5.49. The Morgan fingerprint density at radius 3 is 2.84 bits per heavy atom. The number of benzene rings is 1. The van der Waals surface area contributed by atoms with E-state index in [1.165, 1.54) is 0 Å². The average Bonchev–Trinajstić information content (AvgIpc) is 3.43. The topological polar surface area (TPSA) is 101 Å². The maximum atomic E-state index is 12.8. The summed E-state index contributed by atoms with van der Waals surface area (Å²) < 4.78 is 4.03. The standard InChI is InChI=1S/C23H25N7O/c1-4-10-29-15(2)11-18(16(29)3)12-19(14-24)23(31)25-20-7-5-6-17(13-20)22-26-27-28-30(22)21-8-9-21/h5-7,11-13,21H,4,8-10H2,1-3H3,(H,25,31)/b19-12+.